The van der Waals surface area contributed by atoms with E-state index in [2.05, 4.69) is 10.6 Å². The highest BCUT2D eigenvalue weighted by atomic mass is 35.5. The van der Waals surface area contributed by atoms with Gasteiger partial charge in [0.05, 0.1) is 6.07 Å². The highest BCUT2D eigenvalue weighted by molar-refractivity contribution is 5.91. The summed E-state index contributed by atoms with van der Waals surface area (Å²) < 4.78 is 4.75. The van der Waals surface area contributed by atoms with Crippen LogP contribution in [-0.4, -0.2) is 30.5 Å². The molecule has 0 aliphatic rings. The van der Waals surface area contributed by atoms with Crippen molar-refractivity contribution in [3.05, 3.63) is 28.0 Å². The van der Waals surface area contributed by atoms with E-state index in [1.165, 1.54) is 6.07 Å². The van der Waals surface area contributed by atoms with Crippen LogP contribution in [0, 0.1) is 10.1 Å². The van der Waals surface area contributed by atoms with E-state index >= 15 is 0 Å². The molecule has 0 bridgehead atoms. The minimum Gasteiger partial charge on any atom is -0.395 e. The molecule has 0 unspecified atom stereocenters. The van der Waals surface area contributed by atoms with Gasteiger partial charge in [-0.3, -0.25) is 14.9 Å². The Kier molecular flexibility index (Phi) is 7.73. The average molecular weight is 278 g/mol. The third-order valence-electron chi connectivity index (χ3n) is 2.01. The topological polar surface area (TPSA) is 97.4 Å². The van der Waals surface area contributed by atoms with Crippen molar-refractivity contribution < 1.29 is 14.1 Å². The largest absolute Gasteiger partial charge is 0.433 e. The Hall–Kier alpha value is -1.60. The highest BCUT2D eigenvalue weighted by Gasteiger charge is 2.16. The Morgan fingerprint density at radius 2 is 2.11 bits per heavy atom. The normalized spacial score (nSPS) is 9.61. The minimum absolute atomic E-state index is 0. The number of halogens is 1. The zero-order valence-electron chi connectivity index (χ0n) is 9.97. The van der Waals surface area contributed by atoms with E-state index in [0.717, 1.165) is 19.0 Å². The van der Waals surface area contributed by atoms with Crippen molar-refractivity contribution in [3.63, 3.8) is 0 Å². The molecule has 1 rings (SSSR count). The fourth-order valence-corrected chi connectivity index (χ4v) is 1.20. The molecule has 0 radical (unpaired) electrons. The second-order valence-corrected chi connectivity index (χ2v) is 3.40. The Bertz CT molecular complexity index is 394. The summed E-state index contributed by atoms with van der Waals surface area (Å²) in [4.78, 5) is 21.1. The third-order valence-corrected chi connectivity index (χ3v) is 2.01. The van der Waals surface area contributed by atoms with Crippen molar-refractivity contribution in [1.29, 1.82) is 0 Å². The van der Waals surface area contributed by atoms with Crippen LogP contribution >= 0.6 is 12.4 Å². The molecule has 0 spiro atoms. The lowest BCUT2D eigenvalue weighted by Crippen LogP contribution is -2.31. The fraction of sp³-hybridized carbons (Fsp3) is 0.500. The van der Waals surface area contributed by atoms with Gasteiger partial charge in [-0.2, -0.15) is 0 Å². The van der Waals surface area contributed by atoms with Crippen LogP contribution in [0.5, 0.6) is 0 Å². The van der Waals surface area contributed by atoms with Gasteiger partial charge in [0, 0.05) is 13.1 Å². The monoisotopic (exact) mass is 277 g/mol. The lowest BCUT2D eigenvalue weighted by atomic mass is 10.4. The molecule has 0 saturated carbocycles. The lowest BCUT2D eigenvalue weighted by Gasteiger charge is -2.03. The zero-order chi connectivity index (χ0) is 12.7. The van der Waals surface area contributed by atoms with Crippen molar-refractivity contribution in [2.45, 2.75) is 13.3 Å². The molecule has 1 heterocycles. The number of carbonyl (C=O) groups excluding carboxylic acids is 1. The van der Waals surface area contributed by atoms with Gasteiger partial charge in [-0.25, -0.2) is 0 Å². The first-order valence-corrected chi connectivity index (χ1v) is 5.38. The summed E-state index contributed by atoms with van der Waals surface area (Å²) in [6.45, 7) is 4.05. The molecule has 0 aromatic carbocycles. The molecule has 0 fully saturated rings. The molecular weight excluding hydrogens is 262 g/mol. The number of nitrogens with zero attached hydrogens (tertiary/aromatic N) is 1. The van der Waals surface area contributed by atoms with Crippen molar-refractivity contribution in [2.75, 3.05) is 19.6 Å². The van der Waals surface area contributed by atoms with E-state index in [1.54, 1.807) is 0 Å². The maximum Gasteiger partial charge on any atom is 0.433 e. The Balaban J connectivity index is 0.00000289. The Morgan fingerprint density at radius 3 is 2.67 bits per heavy atom. The summed E-state index contributed by atoms with van der Waals surface area (Å²) in [5.41, 5.74) is 0. The molecule has 7 nitrogen and oxygen atoms in total. The molecule has 102 valence electrons. The first kappa shape index (κ1) is 16.4. The molecule has 1 aromatic rings. The van der Waals surface area contributed by atoms with E-state index in [1.807, 2.05) is 6.92 Å². The number of furan rings is 1. The smallest absolute Gasteiger partial charge is 0.395 e. The van der Waals surface area contributed by atoms with Gasteiger partial charge in [0.2, 0.25) is 0 Å². The van der Waals surface area contributed by atoms with Gasteiger partial charge in [-0.15, -0.1) is 12.4 Å². The number of amides is 1. The molecule has 8 heteroatoms. The summed E-state index contributed by atoms with van der Waals surface area (Å²) in [5.74, 6) is -0.928. The third kappa shape index (κ3) is 5.15. The number of rotatable bonds is 7. The van der Waals surface area contributed by atoms with E-state index in [9.17, 15) is 14.9 Å². The van der Waals surface area contributed by atoms with Crippen LogP contribution in [-0.2, 0) is 0 Å². The van der Waals surface area contributed by atoms with Crippen LogP contribution in [0.3, 0.4) is 0 Å². The van der Waals surface area contributed by atoms with E-state index in [4.69, 9.17) is 4.42 Å². The molecular formula is C10H16ClN3O4. The molecule has 0 atom stereocenters. The second-order valence-electron chi connectivity index (χ2n) is 3.40. The number of hydrogen-bond donors (Lipinski definition) is 2. The average Bonchev–Trinajstić information content (AvgIpc) is 2.78. The zero-order valence-corrected chi connectivity index (χ0v) is 10.8. The molecule has 0 aliphatic carbocycles. The molecule has 2 N–H and O–H groups in total. The van der Waals surface area contributed by atoms with Crippen molar-refractivity contribution in [2.24, 2.45) is 0 Å². The van der Waals surface area contributed by atoms with Gasteiger partial charge >= 0.3 is 5.88 Å². The first-order chi connectivity index (χ1) is 8.15. The maximum absolute atomic E-state index is 11.5. The van der Waals surface area contributed by atoms with Gasteiger partial charge in [-0.05, 0) is 19.0 Å². The molecule has 1 aromatic heterocycles. The predicted octanol–water partition coefficient (Wildman–Crippen LogP) is 1.34. The van der Waals surface area contributed by atoms with Crippen LogP contribution < -0.4 is 10.6 Å². The van der Waals surface area contributed by atoms with Crippen molar-refractivity contribution in [1.82, 2.24) is 10.6 Å². The molecule has 0 saturated heterocycles. The van der Waals surface area contributed by atoms with Gasteiger partial charge in [0.1, 0.15) is 4.92 Å². The van der Waals surface area contributed by atoms with Crippen molar-refractivity contribution >= 4 is 24.2 Å². The van der Waals surface area contributed by atoms with Crippen LogP contribution in [0.15, 0.2) is 16.5 Å². The van der Waals surface area contributed by atoms with E-state index < -0.39 is 16.7 Å². The predicted molar refractivity (Wildman–Crippen MR) is 68.1 cm³/mol. The number of hydrogen-bond acceptors (Lipinski definition) is 5. The lowest BCUT2D eigenvalue weighted by molar-refractivity contribution is -0.402. The summed E-state index contributed by atoms with van der Waals surface area (Å²) in [6.07, 6.45) is 1.03. The number of nitro groups is 1. The summed E-state index contributed by atoms with van der Waals surface area (Å²) >= 11 is 0. The molecule has 18 heavy (non-hydrogen) atoms. The van der Waals surface area contributed by atoms with Gasteiger partial charge in [0.15, 0.2) is 5.76 Å². The SMILES string of the molecule is CCCNCCNC(=O)c1ccc([N+](=O)[O-])o1.Cl. The van der Waals surface area contributed by atoms with Crippen LogP contribution in [0.1, 0.15) is 23.9 Å². The van der Waals surface area contributed by atoms with Crippen LogP contribution in [0.4, 0.5) is 5.88 Å². The number of nitrogens with one attached hydrogen (secondary N) is 2. The Labute approximate surface area is 110 Å². The van der Waals surface area contributed by atoms with Crippen LogP contribution in [0.2, 0.25) is 0 Å². The van der Waals surface area contributed by atoms with E-state index in [0.29, 0.717) is 13.1 Å². The van der Waals surface area contributed by atoms with E-state index in [-0.39, 0.29) is 18.2 Å². The molecule has 1 amide bonds. The first-order valence-electron chi connectivity index (χ1n) is 5.38. The van der Waals surface area contributed by atoms with Gasteiger partial charge in [0.25, 0.3) is 5.91 Å². The highest BCUT2D eigenvalue weighted by Crippen LogP contribution is 2.15. The van der Waals surface area contributed by atoms with Crippen LogP contribution in [0.25, 0.3) is 0 Å². The van der Waals surface area contributed by atoms with Gasteiger partial charge < -0.3 is 15.1 Å². The maximum atomic E-state index is 11.5. The minimum atomic E-state index is -0.681. The standard InChI is InChI=1S/C10H15N3O4.ClH/c1-2-5-11-6-7-12-10(14)8-3-4-9(17-8)13(15)16;/h3-4,11H,2,5-7H2,1H3,(H,12,14);1H. The van der Waals surface area contributed by atoms with Crippen molar-refractivity contribution in [3.8, 4) is 0 Å². The molecule has 0 aliphatic heterocycles. The van der Waals surface area contributed by atoms with Gasteiger partial charge in [-0.1, -0.05) is 6.92 Å². The quantitative estimate of drug-likeness (QED) is 0.445. The fourth-order valence-electron chi connectivity index (χ4n) is 1.20. The summed E-state index contributed by atoms with van der Waals surface area (Å²) in [7, 11) is 0. The Morgan fingerprint density at radius 1 is 1.39 bits per heavy atom. The second kappa shape index (κ2) is 8.48. The summed E-state index contributed by atoms with van der Waals surface area (Å²) in [6, 6.07) is 2.44. The summed E-state index contributed by atoms with van der Waals surface area (Å²) in [5, 5.41) is 16.0. The number of carbonyl (C=O) groups is 1.